The van der Waals surface area contributed by atoms with Gasteiger partial charge in [-0.3, -0.25) is 14.8 Å². The van der Waals surface area contributed by atoms with Gasteiger partial charge in [0.2, 0.25) is 11.8 Å². The van der Waals surface area contributed by atoms with E-state index < -0.39 is 17.5 Å². The van der Waals surface area contributed by atoms with Crippen LogP contribution in [-0.2, 0) is 9.59 Å². The van der Waals surface area contributed by atoms with Crippen molar-refractivity contribution in [2.75, 3.05) is 5.32 Å². The zero-order valence-electron chi connectivity index (χ0n) is 11.5. The summed E-state index contributed by atoms with van der Waals surface area (Å²) in [4.78, 5) is 22.3. The fourth-order valence-electron chi connectivity index (χ4n) is 1.78. The van der Waals surface area contributed by atoms with E-state index in [-0.39, 0.29) is 24.4 Å². The van der Waals surface area contributed by atoms with Crippen molar-refractivity contribution in [1.29, 1.82) is 0 Å². The summed E-state index contributed by atoms with van der Waals surface area (Å²) < 4.78 is 25.6. The Morgan fingerprint density at radius 1 is 0.952 bits per heavy atom. The fourth-order valence-corrected chi connectivity index (χ4v) is 1.78. The largest absolute Gasteiger partial charge is 0.326 e. The van der Waals surface area contributed by atoms with Gasteiger partial charge in [-0.1, -0.05) is 12.8 Å². The molecule has 2 amide bonds. The standard InChI is InChI=1S/C14H18F2N2O3/c15-11-8-7-10(9-12(11)16)17-13(19)5-3-1-2-4-6-14(20)18-21/h7-9,21H,1-6H2,(H,17,19)(H,18,20). The monoisotopic (exact) mass is 300 g/mol. The van der Waals surface area contributed by atoms with Crippen LogP contribution in [0.15, 0.2) is 18.2 Å². The zero-order chi connectivity index (χ0) is 15.7. The van der Waals surface area contributed by atoms with E-state index in [1.165, 1.54) is 6.07 Å². The smallest absolute Gasteiger partial charge is 0.243 e. The van der Waals surface area contributed by atoms with Gasteiger partial charge in [-0.05, 0) is 25.0 Å². The number of amides is 2. The molecule has 116 valence electrons. The Kier molecular flexibility index (Phi) is 7.31. The first kappa shape index (κ1) is 17.0. The van der Waals surface area contributed by atoms with Gasteiger partial charge in [0.15, 0.2) is 11.6 Å². The molecule has 0 atom stereocenters. The van der Waals surface area contributed by atoms with Gasteiger partial charge in [-0.25, -0.2) is 14.3 Å². The average molecular weight is 300 g/mol. The molecule has 3 N–H and O–H groups in total. The number of halogens is 2. The van der Waals surface area contributed by atoms with E-state index in [2.05, 4.69) is 5.32 Å². The molecule has 0 heterocycles. The van der Waals surface area contributed by atoms with E-state index in [1.807, 2.05) is 0 Å². The van der Waals surface area contributed by atoms with E-state index in [0.717, 1.165) is 25.0 Å². The van der Waals surface area contributed by atoms with Gasteiger partial charge < -0.3 is 5.32 Å². The minimum absolute atomic E-state index is 0.221. The van der Waals surface area contributed by atoms with Crippen LogP contribution >= 0.6 is 0 Å². The van der Waals surface area contributed by atoms with Crippen molar-refractivity contribution < 1.29 is 23.6 Å². The first-order valence-corrected chi connectivity index (χ1v) is 6.70. The summed E-state index contributed by atoms with van der Waals surface area (Å²) in [6.07, 6.45) is 3.33. The number of anilines is 1. The summed E-state index contributed by atoms with van der Waals surface area (Å²) in [6.45, 7) is 0. The quantitative estimate of drug-likeness (QED) is 0.392. The summed E-state index contributed by atoms with van der Waals surface area (Å²) in [5.41, 5.74) is 1.77. The fraction of sp³-hybridized carbons (Fsp3) is 0.429. The number of carbonyl (C=O) groups excluding carboxylic acids is 2. The first-order valence-electron chi connectivity index (χ1n) is 6.70. The van der Waals surface area contributed by atoms with Crippen LogP contribution in [0.25, 0.3) is 0 Å². The molecule has 7 heteroatoms. The molecule has 0 aliphatic carbocycles. The van der Waals surface area contributed by atoms with Gasteiger partial charge in [0.25, 0.3) is 0 Å². The topological polar surface area (TPSA) is 78.4 Å². The Bertz CT molecular complexity index is 495. The van der Waals surface area contributed by atoms with Crippen molar-refractivity contribution in [3.05, 3.63) is 29.8 Å². The normalized spacial score (nSPS) is 10.2. The molecule has 0 bridgehead atoms. The lowest BCUT2D eigenvalue weighted by atomic mass is 10.1. The number of carbonyl (C=O) groups is 2. The van der Waals surface area contributed by atoms with Crippen LogP contribution in [0.4, 0.5) is 14.5 Å². The minimum atomic E-state index is -1.00. The van der Waals surface area contributed by atoms with E-state index in [1.54, 1.807) is 5.48 Å². The molecule has 0 saturated heterocycles. The second-order valence-electron chi connectivity index (χ2n) is 4.63. The molecule has 1 aromatic carbocycles. The molecule has 1 aromatic rings. The first-order chi connectivity index (χ1) is 10.0. The van der Waals surface area contributed by atoms with Crippen LogP contribution in [0, 0.1) is 11.6 Å². The Labute approximate surface area is 121 Å². The molecular formula is C14H18F2N2O3. The lowest BCUT2D eigenvalue weighted by Gasteiger charge is -2.05. The van der Waals surface area contributed by atoms with Crippen molar-refractivity contribution in [2.24, 2.45) is 0 Å². The van der Waals surface area contributed by atoms with E-state index in [0.29, 0.717) is 12.8 Å². The number of benzene rings is 1. The molecule has 0 radical (unpaired) electrons. The van der Waals surface area contributed by atoms with Gasteiger partial charge in [-0.2, -0.15) is 0 Å². The van der Waals surface area contributed by atoms with Crippen molar-refractivity contribution >= 4 is 17.5 Å². The Balaban J connectivity index is 2.16. The number of hydrogen-bond acceptors (Lipinski definition) is 3. The van der Waals surface area contributed by atoms with Crippen LogP contribution in [0.5, 0.6) is 0 Å². The third kappa shape index (κ3) is 6.80. The summed E-state index contributed by atoms with van der Waals surface area (Å²) >= 11 is 0. The van der Waals surface area contributed by atoms with Crippen molar-refractivity contribution in [3.8, 4) is 0 Å². The number of rotatable bonds is 8. The Hall–Kier alpha value is -2.02. The molecular weight excluding hydrogens is 282 g/mol. The SMILES string of the molecule is O=C(CCCCCCC(=O)Nc1ccc(F)c(F)c1)NO. The molecule has 0 saturated carbocycles. The highest BCUT2D eigenvalue weighted by Crippen LogP contribution is 2.14. The molecule has 5 nitrogen and oxygen atoms in total. The van der Waals surface area contributed by atoms with Crippen LogP contribution in [0.1, 0.15) is 38.5 Å². The van der Waals surface area contributed by atoms with Gasteiger partial charge in [0.1, 0.15) is 0 Å². The van der Waals surface area contributed by atoms with Gasteiger partial charge in [-0.15, -0.1) is 0 Å². The molecule has 0 spiro atoms. The number of hydroxylamine groups is 1. The molecule has 0 unspecified atom stereocenters. The highest BCUT2D eigenvalue weighted by atomic mass is 19.2. The third-order valence-electron chi connectivity index (χ3n) is 2.89. The molecule has 0 aliphatic heterocycles. The highest BCUT2D eigenvalue weighted by molar-refractivity contribution is 5.90. The van der Waals surface area contributed by atoms with Crippen LogP contribution in [0.3, 0.4) is 0 Å². The Morgan fingerprint density at radius 3 is 2.14 bits per heavy atom. The molecule has 21 heavy (non-hydrogen) atoms. The van der Waals surface area contributed by atoms with Crippen molar-refractivity contribution in [3.63, 3.8) is 0 Å². The number of unbranched alkanes of at least 4 members (excludes halogenated alkanes) is 3. The second kappa shape index (κ2) is 9.02. The number of nitrogens with one attached hydrogen (secondary N) is 2. The van der Waals surface area contributed by atoms with Gasteiger partial charge >= 0.3 is 0 Å². The predicted octanol–water partition coefficient (Wildman–Crippen LogP) is 2.75. The van der Waals surface area contributed by atoms with Crippen molar-refractivity contribution in [1.82, 2.24) is 5.48 Å². The average Bonchev–Trinajstić information content (AvgIpc) is 2.46. The lowest BCUT2D eigenvalue weighted by Crippen LogP contribution is -2.17. The maximum atomic E-state index is 12.9. The van der Waals surface area contributed by atoms with E-state index >= 15 is 0 Å². The Morgan fingerprint density at radius 2 is 1.57 bits per heavy atom. The van der Waals surface area contributed by atoms with E-state index in [4.69, 9.17) is 5.21 Å². The molecule has 0 aromatic heterocycles. The highest BCUT2D eigenvalue weighted by Gasteiger charge is 2.06. The molecule has 0 aliphatic rings. The molecule has 0 fully saturated rings. The second-order valence-corrected chi connectivity index (χ2v) is 4.63. The van der Waals surface area contributed by atoms with Crippen molar-refractivity contribution in [2.45, 2.75) is 38.5 Å². The summed E-state index contributed by atoms with van der Waals surface area (Å²) in [5, 5.41) is 10.8. The summed E-state index contributed by atoms with van der Waals surface area (Å²) in [6, 6.07) is 3.18. The van der Waals surface area contributed by atoms with Crippen LogP contribution < -0.4 is 10.8 Å². The minimum Gasteiger partial charge on any atom is -0.326 e. The summed E-state index contributed by atoms with van der Waals surface area (Å²) in [7, 11) is 0. The zero-order valence-corrected chi connectivity index (χ0v) is 11.5. The van der Waals surface area contributed by atoms with Gasteiger partial charge in [0.05, 0.1) is 0 Å². The maximum Gasteiger partial charge on any atom is 0.243 e. The molecule has 1 rings (SSSR count). The summed E-state index contributed by atoms with van der Waals surface area (Å²) in [5.74, 6) is -2.66. The van der Waals surface area contributed by atoms with Crippen LogP contribution in [0.2, 0.25) is 0 Å². The third-order valence-corrected chi connectivity index (χ3v) is 2.89. The lowest BCUT2D eigenvalue weighted by molar-refractivity contribution is -0.129. The van der Waals surface area contributed by atoms with E-state index in [9.17, 15) is 18.4 Å². The predicted molar refractivity (Wildman–Crippen MR) is 72.6 cm³/mol. The number of hydrogen-bond donors (Lipinski definition) is 3. The van der Waals surface area contributed by atoms with Crippen LogP contribution in [-0.4, -0.2) is 17.0 Å². The van der Waals surface area contributed by atoms with Gasteiger partial charge in [0, 0.05) is 24.6 Å². The maximum absolute atomic E-state index is 12.9.